The first kappa shape index (κ1) is 49.5. The van der Waals surface area contributed by atoms with Gasteiger partial charge in [0.1, 0.15) is 29.4 Å². The molecule has 0 aliphatic carbocycles. The van der Waals surface area contributed by atoms with Crippen molar-refractivity contribution in [3.8, 4) is 0 Å². The smallest absolute Gasteiger partial charge is 0.407 e. The lowest BCUT2D eigenvalue weighted by molar-refractivity contribution is -0.136. The SMILES string of the molecule is COC(=O)N[C@H](C(=O)N1CCC[C@H]1c1nc2cc([C@H]3CC[C@H](c4ccc5[nH]c([C@@H]6CCCN6C(=O)[C@@H](NC(=O)OC)C(C)C)nc5c4)N3c3cc(F)c(N4[C@H](C)CCC[C@@H]4C)c(F)c3)ccc2[nH]1)C(C)C. The molecule has 6 heterocycles. The summed E-state index contributed by atoms with van der Waals surface area (Å²) in [6.45, 7) is 12.6. The maximum Gasteiger partial charge on any atom is 0.407 e. The zero-order valence-electron chi connectivity index (χ0n) is 42.1. The van der Waals surface area contributed by atoms with E-state index in [9.17, 15) is 19.2 Å². The van der Waals surface area contributed by atoms with Crippen LogP contribution in [-0.2, 0) is 19.1 Å². The van der Waals surface area contributed by atoms with Crippen molar-refractivity contribution in [1.82, 2.24) is 40.4 Å². The maximum atomic E-state index is 16.8. The van der Waals surface area contributed by atoms with Crippen LogP contribution in [0.2, 0.25) is 0 Å². The van der Waals surface area contributed by atoms with Crippen molar-refractivity contribution in [3.63, 3.8) is 0 Å². The second kappa shape index (κ2) is 20.3. The molecule has 8 atom stereocenters. The van der Waals surface area contributed by atoms with Gasteiger partial charge in [-0.05, 0) is 131 Å². The number of halogens is 2. The number of carbonyl (C=O) groups excluding carboxylic acids is 4. The molecule has 4 aliphatic rings. The molecular weight excluding hydrogens is 911 g/mol. The van der Waals surface area contributed by atoms with Gasteiger partial charge in [0.25, 0.3) is 0 Å². The van der Waals surface area contributed by atoms with Crippen LogP contribution in [0.25, 0.3) is 22.1 Å². The minimum atomic E-state index is -0.763. The molecule has 4 saturated heterocycles. The van der Waals surface area contributed by atoms with Crippen molar-refractivity contribution in [2.45, 2.75) is 148 Å². The number of nitrogens with one attached hydrogen (secondary N) is 4. The van der Waals surface area contributed by atoms with Crippen molar-refractivity contribution < 1.29 is 37.4 Å². The lowest BCUT2D eigenvalue weighted by atomic mass is 9.96. The molecule has 71 heavy (non-hydrogen) atoms. The monoisotopic (exact) mass is 979 g/mol. The molecule has 3 aromatic carbocycles. The van der Waals surface area contributed by atoms with Crippen LogP contribution in [0.4, 0.5) is 29.7 Å². The van der Waals surface area contributed by atoms with Crippen LogP contribution in [0.3, 0.4) is 0 Å². The molecule has 0 saturated carbocycles. The third-order valence-corrected chi connectivity index (χ3v) is 15.4. The molecule has 4 fully saturated rings. The van der Waals surface area contributed by atoms with Gasteiger partial charge >= 0.3 is 12.2 Å². The van der Waals surface area contributed by atoms with Gasteiger partial charge in [0.2, 0.25) is 11.8 Å². The van der Waals surface area contributed by atoms with Crippen LogP contribution in [0, 0.1) is 23.5 Å². The Balaban J connectivity index is 1.05. The van der Waals surface area contributed by atoms with E-state index in [2.05, 4.69) is 25.5 Å². The third kappa shape index (κ3) is 9.57. The number of amides is 4. The molecule has 4 aliphatic heterocycles. The van der Waals surface area contributed by atoms with Crippen molar-refractivity contribution in [2.24, 2.45) is 11.8 Å². The number of anilines is 2. The van der Waals surface area contributed by atoms with Crippen LogP contribution in [0.1, 0.15) is 146 Å². The number of hydrogen-bond donors (Lipinski definition) is 4. The fourth-order valence-electron chi connectivity index (χ4n) is 11.8. The van der Waals surface area contributed by atoms with Gasteiger partial charge in [-0.2, -0.15) is 0 Å². The van der Waals surface area contributed by atoms with Gasteiger partial charge in [-0.15, -0.1) is 0 Å². The van der Waals surface area contributed by atoms with Crippen molar-refractivity contribution in [1.29, 1.82) is 0 Å². The Hall–Kier alpha value is -6.46. The Morgan fingerprint density at radius 1 is 0.606 bits per heavy atom. The van der Waals surface area contributed by atoms with E-state index < -0.39 is 35.9 Å². The van der Waals surface area contributed by atoms with E-state index >= 15 is 8.78 Å². The fraction of sp³-hybridized carbons (Fsp3) is 0.547. The highest BCUT2D eigenvalue weighted by Crippen LogP contribution is 2.49. The van der Waals surface area contributed by atoms with Gasteiger partial charge in [0.05, 0.1) is 60.5 Å². The zero-order chi connectivity index (χ0) is 50.4. The first-order chi connectivity index (χ1) is 34.1. The predicted octanol–water partition coefficient (Wildman–Crippen LogP) is 9.66. The van der Waals surface area contributed by atoms with Gasteiger partial charge in [-0.3, -0.25) is 9.59 Å². The molecular formula is C53H68F2N10O6. The zero-order valence-corrected chi connectivity index (χ0v) is 42.1. The highest BCUT2D eigenvalue weighted by molar-refractivity contribution is 5.88. The summed E-state index contributed by atoms with van der Waals surface area (Å²) in [6.07, 6.45) is 5.71. The number of hydrogen-bond acceptors (Lipinski definition) is 10. The van der Waals surface area contributed by atoms with Crippen molar-refractivity contribution >= 4 is 57.4 Å². The number of benzene rings is 3. The lowest BCUT2D eigenvalue weighted by Crippen LogP contribution is -2.51. The van der Waals surface area contributed by atoms with Crippen molar-refractivity contribution in [2.75, 3.05) is 37.1 Å². The van der Waals surface area contributed by atoms with Crippen LogP contribution in [-0.4, -0.2) is 105 Å². The van der Waals surface area contributed by atoms with Gasteiger partial charge < -0.3 is 49.7 Å². The number of carbonyl (C=O) groups is 4. The summed E-state index contributed by atoms with van der Waals surface area (Å²) in [5.41, 5.74) is 5.31. The molecule has 16 nitrogen and oxygen atoms in total. The first-order valence-corrected chi connectivity index (χ1v) is 25.4. The highest BCUT2D eigenvalue weighted by Gasteiger charge is 2.41. The van der Waals surface area contributed by atoms with E-state index in [1.165, 1.54) is 26.4 Å². The molecule has 2 aromatic heterocycles. The summed E-state index contributed by atoms with van der Waals surface area (Å²) in [7, 11) is 2.55. The number of fused-ring (bicyclic) bond motifs is 2. The number of alkyl carbamates (subject to hydrolysis) is 2. The molecule has 5 aromatic rings. The van der Waals surface area contributed by atoms with Gasteiger partial charge in [0.15, 0.2) is 11.6 Å². The number of imidazole rings is 2. The fourth-order valence-corrected chi connectivity index (χ4v) is 11.8. The van der Waals surface area contributed by atoms with Crippen LogP contribution < -0.4 is 20.4 Å². The maximum absolute atomic E-state index is 16.8. The average molecular weight is 979 g/mol. The summed E-state index contributed by atoms with van der Waals surface area (Å²) in [5, 5.41) is 5.43. The molecule has 0 radical (unpaired) electrons. The number of H-pyrrole nitrogens is 2. The molecule has 4 amide bonds. The van der Waals surface area contributed by atoms with Gasteiger partial charge in [0, 0.05) is 30.9 Å². The van der Waals surface area contributed by atoms with E-state index in [0.717, 1.165) is 54.3 Å². The number of nitrogens with zero attached hydrogens (tertiary/aromatic N) is 6. The Labute approximate surface area is 413 Å². The molecule has 9 rings (SSSR count). The molecule has 0 bridgehead atoms. The summed E-state index contributed by atoms with van der Waals surface area (Å²) < 4.78 is 43.2. The third-order valence-electron chi connectivity index (χ3n) is 15.4. The predicted molar refractivity (Wildman–Crippen MR) is 267 cm³/mol. The second-order valence-electron chi connectivity index (χ2n) is 20.7. The number of methoxy groups -OCH3 is 2. The number of aromatic nitrogens is 4. The minimum absolute atomic E-state index is 0.0113. The summed E-state index contributed by atoms with van der Waals surface area (Å²) in [5.74, 6) is -0.620. The van der Waals surface area contributed by atoms with E-state index in [1.807, 2.05) is 82.8 Å². The quantitative estimate of drug-likeness (QED) is 0.0940. The Morgan fingerprint density at radius 2 is 1.04 bits per heavy atom. The standard InChI is InChI=1S/C53H68F2N10O6/c1-28(2)45(60-52(68)70-7)50(66)62-22-10-14-43(62)48-56-37-18-16-32(24-39(37)58-48)41-20-21-42(65(41)34-26-35(54)47(36(55)27-34)64-30(5)12-9-13-31(64)6)33-17-19-38-40(25-33)59-49(57-38)44-15-11-23-63(44)51(67)46(29(3)4)61-53(69)71-8/h16-19,24-31,41-46H,9-15,20-23H2,1-8H3,(H,56,58)(H,57,59)(H,60,68)(H,61,69)/t30-,31+,41-,42-,43+,44+,45+,46+/m1/s1. The van der Waals surface area contributed by atoms with E-state index in [1.54, 1.807) is 9.80 Å². The summed E-state index contributed by atoms with van der Waals surface area (Å²) in [6, 6.07) is 12.3. The number of aromatic amines is 2. The number of ether oxygens (including phenoxy) is 2. The molecule has 0 spiro atoms. The van der Waals surface area contributed by atoms with E-state index in [4.69, 9.17) is 19.4 Å². The lowest BCUT2D eigenvalue weighted by Gasteiger charge is -2.41. The van der Waals surface area contributed by atoms with Crippen LogP contribution >= 0.6 is 0 Å². The number of piperidine rings is 1. The Kier molecular flexibility index (Phi) is 14.2. The van der Waals surface area contributed by atoms with Crippen molar-refractivity contribution in [3.05, 3.63) is 82.9 Å². The number of likely N-dealkylation sites (tertiary alicyclic amines) is 2. The van der Waals surface area contributed by atoms with Crippen LogP contribution in [0.15, 0.2) is 48.5 Å². The molecule has 380 valence electrons. The topological polar surface area (TPSA) is 181 Å². The summed E-state index contributed by atoms with van der Waals surface area (Å²) in [4.78, 5) is 77.0. The normalized spacial score (nSPS) is 23.5. The largest absolute Gasteiger partial charge is 0.453 e. The van der Waals surface area contributed by atoms with Gasteiger partial charge in [-0.25, -0.2) is 28.3 Å². The van der Waals surface area contributed by atoms with Gasteiger partial charge in [-0.1, -0.05) is 39.8 Å². The Morgan fingerprint density at radius 3 is 1.45 bits per heavy atom. The average Bonchev–Trinajstić information content (AvgIpc) is 4.21. The molecule has 18 heteroatoms. The van der Waals surface area contributed by atoms with Crippen LogP contribution in [0.5, 0.6) is 0 Å². The second-order valence-corrected chi connectivity index (χ2v) is 20.7. The molecule has 4 N–H and O–H groups in total. The highest BCUT2D eigenvalue weighted by atomic mass is 19.1. The first-order valence-electron chi connectivity index (χ1n) is 25.4. The van der Waals surface area contributed by atoms with E-state index in [-0.39, 0.29) is 65.6 Å². The minimum Gasteiger partial charge on any atom is -0.453 e. The summed E-state index contributed by atoms with van der Waals surface area (Å²) >= 11 is 0. The molecule has 0 unspecified atom stereocenters. The number of rotatable bonds is 12. The Bertz CT molecular complexity index is 2620. The van der Waals surface area contributed by atoms with E-state index in [0.29, 0.717) is 67.1 Å².